The molecule has 0 N–H and O–H groups in total. The molecule has 0 aliphatic rings. The summed E-state index contributed by atoms with van der Waals surface area (Å²) < 4.78 is 0. The molecule has 21 heavy (non-hydrogen) atoms. The molecular formula is C18H19N2Zn+. The monoisotopic (exact) mass is 327 g/mol. The van der Waals surface area contributed by atoms with E-state index in [9.17, 15) is 0 Å². The van der Waals surface area contributed by atoms with E-state index in [0.717, 1.165) is 33.2 Å². The van der Waals surface area contributed by atoms with Gasteiger partial charge in [0.05, 0.1) is 11.0 Å². The van der Waals surface area contributed by atoms with Crippen LogP contribution >= 0.6 is 0 Å². The van der Waals surface area contributed by atoms with Crippen LogP contribution in [0.4, 0.5) is 0 Å². The van der Waals surface area contributed by atoms with Gasteiger partial charge in [0.15, 0.2) is 0 Å². The van der Waals surface area contributed by atoms with E-state index in [2.05, 4.69) is 41.2 Å². The van der Waals surface area contributed by atoms with E-state index >= 15 is 0 Å². The van der Waals surface area contributed by atoms with Crippen molar-refractivity contribution in [1.29, 1.82) is 0 Å². The van der Waals surface area contributed by atoms with Gasteiger partial charge in [-0.2, -0.15) is 0 Å². The molecule has 0 atom stereocenters. The third kappa shape index (κ3) is 4.12. The van der Waals surface area contributed by atoms with Gasteiger partial charge in [0.25, 0.3) is 0 Å². The minimum atomic E-state index is 0. The molecule has 0 amide bonds. The second kappa shape index (κ2) is 7.90. The van der Waals surface area contributed by atoms with Crippen LogP contribution in [0.25, 0.3) is 21.8 Å². The maximum atomic E-state index is 4.58. The summed E-state index contributed by atoms with van der Waals surface area (Å²) in [5, 5.41) is 2.30. The number of allylic oxidation sites excluding steroid dienone is 2. The number of fused-ring (bicyclic) bond motifs is 3. The Morgan fingerprint density at radius 2 is 1.14 bits per heavy atom. The van der Waals surface area contributed by atoms with Gasteiger partial charge in [-0.25, -0.2) is 19.1 Å². The fourth-order valence-electron chi connectivity index (χ4n) is 1.96. The van der Waals surface area contributed by atoms with Gasteiger partial charge in [-0.05, 0) is 26.0 Å². The Bertz CT molecular complexity index is 699. The molecule has 2 aromatic heterocycles. The van der Waals surface area contributed by atoms with E-state index < -0.39 is 0 Å². The second-order valence-electron chi connectivity index (χ2n) is 4.68. The van der Waals surface area contributed by atoms with Crippen molar-refractivity contribution in [2.75, 3.05) is 0 Å². The molecule has 3 heteroatoms. The van der Waals surface area contributed by atoms with Crippen LogP contribution in [-0.4, -0.2) is 9.97 Å². The van der Waals surface area contributed by atoms with Gasteiger partial charge in [0, 0.05) is 22.2 Å². The fraction of sp³-hybridized carbons (Fsp3) is 0.167. The molecule has 0 spiro atoms. The zero-order valence-electron chi connectivity index (χ0n) is 12.9. The SMILES string of the molecule is Cc1ccc2ccc3ccc(C)nc3c2n1.[CH2-]/C=C/C.[Zn+2]. The van der Waals surface area contributed by atoms with Crippen LogP contribution in [0, 0.1) is 20.8 Å². The third-order valence-electron chi connectivity index (χ3n) is 3.03. The van der Waals surface area contributed by atoms with Crippen molar-refractivity contribution >= 4 is 21.8 Å². The largest absolute Gasteiger partial charge is 2.00 e. The van der Waals surface area contributed by atoms with Crippen LogP contribution in [0.2, 0.25) is 0 Å². The number of pyridine rings is 2. The molecule has 0 aliphatic heterocycles. The Hall–Kier alpha value is -1.73. The van der Waals surface area contributed by atoms with Crippen LogP contribution in [-0.2, 0) is 19.5 Å². The maximum Gasteiger partial charge on any atom is 2.00 e. The number of rotatable bonds is 0. The van der Waals surface area contributed by atoms with E-state index in [1.807, 2.05) is 39.0 Å². The van der Waals surface area contributed by atoms with Crippen LogP contribution in [0.3, 0.4) is 0 Å². The molecular weight excluding hydrogens is 310 g/mol. The molecule has 1 aromatic carbocycles. The first-order valence-corrected chi connectivity index (χ1v) is 6.70. The average Bonchev–Trinajstić information content (AvgIpc) is 2.47. The van der Waals surface area contributed by atoms with Crippen molar-refractivity contribution in [3.63, 3.8) is 0 Å². The summed E-state index contributed by atoms with van der Waals surface area (Å²) in [7, 11) is 0. The average molecular weight is 329 g/mol. The van der Waals surface area contributed by atoms with Crippen LogP contribution in [0.5, 0.6) is 0 Å². The van der Waals surface area contributed by atoms with Crippen LogP contribution in [0.1, 0.15) is 18.3 Å². The van der Waals surface area contributed by atoms with Crippen molar-refractivity contribution in [1.82, 2.24) is 9.97 Å². The smallest absolute Gasteiger partial charge is 0.251 e. The molecule has 0 saturated carbocycles. The number of nitrogens with zero attached hydrogens (tertiary/aromatic N) is 2. The third-order valence-corrected chi connectivity index (χ3v) is 3.03. The van der Waals surface area contributed by atoms with Gasteiger partial charge in [0.1, 0.15) is 0 Å². The zero-order chi connectivity index (χ0) is 14.5. The van der Waals surface area contributed by atoms with Gasteiger partial charge in [0.2, 0.25) is 0 Å². The topological polar surface area (TPSA) is 25.8 Å². The molecule has 3 rings (SSSR count). The van der Waals surface area contributed by atoms with E-state index in [1.165, 1.54) is 0 Å². The molecule has 0 fully saturated rings. The van der Waals surface area contributed by atoms with Crippen LogP contribution in [0.15, 0.2) is 48.6 Å². The first-order valence-electron chi connectivity index (χ1n) is 6.70. The molecule has 0 unspecified atom stereocenters. The van der Waals surface area contributed by atoms with Crippen LogP contribution < -0.4 is 0 Å². The normalized spacial score (nSPS) is 10.2. The van der Waals surface area contributed by atoms with Crippen molar-refractivity contribution in [3.05, 3.63) is 66.9 Å². The summed E-state index contributed by atoms with van der Waals surface area (Å²) in [4.78, 5) is 9.16. The molecule has 0 saturated heterocycles. The van der Waals surface area contributed by atoms with Gasteiger partial charge in [-0.3, -0.25) is 9.97 Å². The minimum Gasteiger partial charge on any atom is -0.251 e. The Morgan fingerprint density at radius 1 is 0.810 bits per heavy atom. The number of hydrogen-bond acceptors (Lipinski definition) is 2. The summed E-state index contributed by atoms with van der Waals surface area (Å²) in [5.74, 6) is 0. The number of benzene rings is 1. The maximum absolute atomic E-state index is 4.58. The van der Waals surface area contributed by atoms with Crippen molar-refractivity contribution in [3.8, 4) is 0 Å². The molecule has 0 radical (unpaired) electrons. The van der Waals surface area contributed by atoms with E-state index in [4.69, 9.17) is 0 Å². The number of hydrogen-bond donors (Lipinski definition) is 0. The molecule has 0 aliphatic carbocycles. The summed E-state index contributed by atoms with van der Waals surface area (Å²) in [5.41, 5.74) is 4.06. The van der Waals surface area contributed by atoms with Crippen molar-refractivity contribution in [2.24, 2.45) is 0 Å². The summed E-state index contributed by atoms with van der Waals surface area (Å²) in [6.45, 7) is 9.38. The Labute approximate surface area is 139 Å². The summed E-state index contributed by atoms with van der Waals surface area (Å²) in [6, 6.07) is 12.5. The van der Waals surface area contributed by atoms with Gasteiger partial charge >= 0.3 is 19.5 Å². The summed E-state index contributed by atoms with van der Waals surface area (Å²) in [6.07, 6.45) is 3.64. The zero-order valence-corrected chi connectivity index (χ0v) is 15.9. The molecule has 3 aromatic rings. The predicted octanol–water partition coefficient (Wildman–Crippen LogP) is 4.79. The quantitative estimate of drug-likeness (QED) is 0.337. The van der Waals surface area contributed by atoms with Gasteiger partial charge < -0.3 is 0 Å². The standard InChI is InChI=1S/C14H12N2.C4H7.Zn/c1-9-3-5-11-7-8-12-6-4-10(2)16-14(12)13(11)15-9;1-3-4-2;/h3-8H,1-2H3;3-4H,1H2,2H3;/q;-1;+2/b;4-3+;. The van der Waals surface area contributed by atoms with E-state index in [0.29, 0.717) is 0 Å². The summed E-state index contributed by atoms with van der Waals surface area (Å²) >= 11 is 0. The Balaban J connectivity index is 0.000000397. The Morgan fingerprint density at radius 3 is 1.48 bits per heavy atom. The first-order chi connectivity index (χ1) is 9.65. The van der Waals surface area contributed by atoms with Gasteiger partial charge in [-0.15, -0.1) is 6.92 Å². The van der Waals surface area contributed by atoms with E-state index in [-0.39, 0.29) is 19.5 Å². The molecule has 102 valence electrons. The van der Waals surface area contributed by atoms with E-state index in [1.54, 1.807) is 6.08 Å². The second-order valence-corrected chi connectivity index (χ2v) is 4.68. The minimum absolute atomic E-state index is 0. The first kappa shape index (κ1) is 17.3. The van der Waals surface area contributed by atoms with Crippen molar-refractivity contribution < 1.29 is 19.5 Å². The van der Waals surface area contributed by atoms with Crippen molar-refractivity contribution in [2.45, 2.75) is 20.8 Å². The molecule has 2 heterocycles. The predicted molar refractivity (Wildman–Crippen MR) is 86.7 cm³/mol. The van der Waals surface area contributed by atoms with Gasteiger partial charge in [-0.1, -0.05) is 24.3 Å². The molecule has 0 bridgehead atoms. The number of aryl methyl sites for hydroxylation is 2. The Kier molecular flexibility index (Phi) is 6.52. The fourth-order valence-corrected chi connectivity index (χ4v) is 1.96. The number of aromatic nitrogens is 2. The molecule has 2 nitrogen and oxygen atoms in total.